The Morgan fingerprint density at radius 1 is 0.760 bits per heavy atom. The summed E-state index contributed by atoms with van der Waals surface area (Å²) in [5.41, 5.74) is 8.09. The van der Waals surface area contributed by atoms with Gasteiger partial charge in [-0.2, -0.15) is 0 Å². The Labute approximate surface area is 300 Å². The molecule has 0 spiro atoms. The van der Waals surface area contributed by atoms with E-state index in [2.05, 4.69) is 66.1 Å². The summed E-state index contributed by atoms with van der Waals surface area (Å²) < 4.78 is 15.6. The van der Waals surface area contributed by atoms with Gasteiger partial charge in [-0.1, -0.05) is 128 Å². The normalized spacial score (nSPS) is 18.9. The van der Waals surface area contributed by atoms with Gasteiger partial charge in [0.25, 0.3) is 0 Å². The molecule has 1 fully saturated rings. The van der Waals surface area contributed by atoms with Crippen molar-refractivity contribution in [2.75, 3.05) is 5.75 Å². The maximum Gasteiger partial charge on any atom is 0.315 e. The van der Waals surface area contributed by atoms with Crippen LogP contribution in [0.4, 0.5) is 4.79 Å². The van der Waals surface area contributed by atoms with Crippen molar-refractivity contribution in [3.63, 3.8) is 0 Å². The molecule has 9 heteroatoms. The number of carbonyl (C=O) groups excluding carboxylic acids is 1. The van der Waals surface area contributed by atoms with Crippen molar-refractivity contribution in [3.05, 3.63) is 155 Å². The van der Waals surface area contributed by atoms with Crippen LogP contribution < -0.4 is 10.6 Å². The zero-order chi connectivity index (χ0) is 34.3. The second-order valence-corrected chi connectivity index (χ2v) is 14.7. The van der Waals surface area contributed by atoms with E-state index in [0.717, 1.165) is 54.6 Å². The van der Waals surface area contributed by atoms with E-state index >= 15 is 0 Å². The Morgan fingerprint density at radius 3 is 2.22 bits per heavy atom. The summed E-state index contributed by atoms with van der Waals surface area (Å²) in [4.78, 5) is 17.2. The number of hydrogen-bond acceptors (Lipinski definition) is 7. The molecule has 0 saturated carbocycles. The van der Waals surface area contributed by atoms with Crippen LogP contribution in [0.2, 0.25) is 0 Å². The van der Waals surface area contributed by atoms with Crippen molar-refractivity contribution in [3.8, 4) is 11.1 Å². The largest absolute Gasteiger partial charge is 0.392 e. The first-order valence-corrected chi connectivity index (χ1v) is 18.6. The van der Waals surface area contributed by atoms with Crippen molar-refractivity contribution in [2.24, 2.45) is 5.92 Å². The monoisotopic (exact) mass is 701 g/mol. The molecule has 4 unspecified atom stereocenters. The van der Waals surface area contributed by atoms with E-state index in [1.807, 2.05) is 78.9 Å². The first kappa shape index (κ1) is 34.0. The summed E-state index contributed by atoms with van der Waals surface area (Å²) >= 11 is 3.44. The fraction of sp³-hybridized carbons (Fsp3) is 0.220. The van der Waals surface area contributed by atoms with Crippen LogP contribution in [0.15, 0.2) is 132 Å². The van der Waals surface area contributed by atoms with Crippen LogP contribution >= 0.6 is 23.1 Å². The van der Waals surface area contributed by atoms with E-state index in [4.69, 9.17) is 14.5 Å². The Balaban J connectivity index is 1.04. The minimum Gasteiger partial charge on any atom is -0.392 e. The number of fused-ring (bicyclic) bond motifs is 1. The van der Waals surface area contributed by atoms with Crippen LogP contribution in [0.1, 0.15) is 47.1 Å². The summed E-state index contributed by atoms with van der Waals surface area (Å²) in [6.07, 6.45) is -0.813. The van der Waals surface area contributed by atoms with Gasteiger partial charge in [-0.15, -0.1) is 11.3 Å². The van der Waals surface area contributed by atoms with Crippen LogP contribution in [-0.2, 0) is 29.2 Å². The molecular formula is C41H39N3O4S2. The number of benzene rings is 5. The van der Waals surface area contributed by atoms with Gasteiger partial charge in [-0.05, 0) is 51.6 Å². The van der Waals surface area contributed by atoms with E-state index in [1.165, 1.54) is 4.70 Å². The third-order valence-electron chi connectivity index (χ3n) is 8.96. The van der Waals surface area contributed by atoms with Crippen molar-refractivity contribution in [1.82, 2.24) is 15.6 Å². The van der Waals surface area contributed by atoms with E-state index in [1.54, 1.807) is 23.1 Å². The van der Waals surface area contributed by atoms with Crippen molar-refractivity contribution >= 4 is 39.3 Å². The summed E-state index contributed by atoms with van der Waals surface area (Å²) in [7, 11) is 0. The van der Waals surface area contributed by atoms with Gasteiger partial charge in [-0.3, -0.25) is 0 Å². The van der Waals surface area contributed by atoms with Gasteiger partial charge in [0.2, 0.25) is 0 Å². The number of amides is 2. The predicted octanol–water partition coefficient (Wildman–Crippen LogP) is 9.04. The topological polar surface area (TPSA) is 92.7 Å². The van der Waals surface area contributed by atoms with E-state index in [9.17, 15) is 9.90 Å². The number of aromatic nitrogens is 1. The molecule has 254 valence electrons. The Morgan fingerprint density at radius 2 is 1.46 bits per heavy atom. The van der Waals surface area contributed by atoms with E-state index in [0.29, 0.717) is 13.1 Å². The Bertz CT molecular complexity index is 1990. The third kappa shape index (κ3) is 8.26. The molecule has 1 aliphatic rings. The lowest BCUT2D eigenvalue weighted by molar-refractivity contribution is -0.268. The fourth-order valence-electron chi connectivity index (χ4n) is 6.09. The highest BCUT2D eigenvalue weighted by atomic mass is 32.2. The second-order valence-electron chi connectivity index (χ2n) is 12.4. The lowest BCUT2D eigenvalue weighted by Crippen LogP contribution is -2.38. The highest BCUT2D eigenvalue weighted by molar-refractivity contribution is 8.01. The second kappa shape index (κ2) is 16.0. The molecule has 2 heterocycles. The van der Waals surface area contributed by atoms with Crippen LogP contribution in [0.5, 0.6) is 0 Å². The fourth-order valence-corrected chi connectivity index (χ4v) is 8.35. The third-order valence-corrected chi connectivity index (χ3v) is 11.2. The molecular weight excluding hydrogens is 663 g/mol. The molecule has 50 heavy (non-hydrogen) atoms. The first-order chi connectivity index (χ1) is 24.5. The van der Waals surface area contributed by atoms with Crippen LogP contribution in [0.25, 0.3) is 21.3 Å². The number of carbonyl (C=O) groups is 1. The van der Waals surface area contributed by atoms with Gasteiger partial charge in [0.15, 0.2) is 10.6 Å². The average molecular weight is 702 g/mol. The number of urea groups is 1. The smallest absolute Gasteiger partial charge is 0.315 e. The zero-order valence-electron chi connectivity index (χ0n) is 27.7. The predicted molar refractivity (Wildman–Crippen MR) is 201 cm³/mol. The molecule has 1 aromatic heterocycles. The molecule has 0 bridgehead atoms. The molecule has 6 aromatic rings. The lowest BCUT2D eigenvalue weighted by Gasteiger charge is -2.41. The molecule has 1 aliphatic heterocycles. The summed E-state index contributed by atoms with van der Waals surface area (Å²) in [5.74, 6) is 0.832. The summed E-state index contributed by atoms with van der Waals surface area (Å²) in [5, 5.41) is 15.5. The molecule has 7 nitrogen and oxygen atoms in total. The molecule has 7 rings (SSSR count). The number of para-hydroxylation sites is 1. The van der Waals surface area contributed by atoms with Crippen molar-refractivity contribution in [1.29, 1.82) is 0 Å². The van der Waals surface area contributed by atoms with Crippen molar-refractivity contribution < 1.29 is 19.4 Å². The molecule has 1 saturated heterocycles. The van der Waals surface area contributed by atoms with E-state index < -0.39 is 6.29 Å². The SMILES string of the molecule is CC1C(CSc2nc3ccccc3s2)OC(c2ccc(-c3cccc(CNC(=O)NCc4ccccc4)c3)cc2)OC1c1ccc(CO)cc1. The quantitative estimate of drug-likeness (QED) is 0.117. The van der Waals surface area contributed by atoms with Crippen LogP contribution in [0.3, 0.4) is 0 Å². The number of rotatable bonds is 11. The van der Waals surface area contributed by atoms with Gasteiger partial charge >= 0.3 is 6.03 Å². The van der Waals surface area contributed by atoms with Gasteiger partial charge in [0, 0.05) is 30.3 Å². The number of hydrogen-bond donors (Lipinski definition) is 3. The lowest BCUT2D eigenvalue weighted by atomic mass is 9.91. The minimum atomic E-state index is -0.548. The number of thiazole rings is 1. The molecule has 2 amide bonds. The highest BCUT2D eigenvalue weighted by Gasteiger charge is 2.38. The number of nitrogens with one attached hydrogen (secondary N) is 2. The summed E-state index contributed by atoms with van der Waals surface area (Å²) in [6.45, 7) is 3.09. The Kier molecular flexibility index (Phi) is 10.9. The van der Waals surface area contributed by atoms with E-state index in [-0.39, 0.29) is 30.8 Å². The van der Waals surface area contributed by atoms with Gasteiger partial charge in [0.05, 0.1) is 29.0 Å². The van der Waals surface area contributed by atoms with Gasteiger partial charge in [-0.25, -0.2) is 9.78 Å². The van der Waals surface area contributed by atoms with Crippen molar-refractivity contribution in [2.45, 2.75) is 49.5 Å². The van der Waals surface area contributed by atoms with Crippen LogP contribution in [0, 0.1) is 5.92 Å². The molecule has 4 atom stereocenters. The number of aliphatic hydroxyl groups excluding tert-OH is 1. The molecule has 0 aliphatic carbocycles. The zero-order valence-corrected chi connectivity index (χ0v) is 29.3. The maximum absolute atomic E-state index is 12.4. The van der Waals surface area contributed by atoms with Crippen LogP contribution in [-0.4, -0.2) is 28.0 Å². The number of thioether (sulfide) groups is 1. The average Bonchev–Trinajstić information content (AvgIpc) is 3.60. The Hall–Kier alpha value is -4.51. The maximum atomic E-state index is 12.4. The van der Waals surface area contributed by atoms with Gasteiger partial charge in [0.1, 0.15) is 0 Å². The number of ether oxygens (including phenoxy) is 2. The standard InChI is InChI=1S/C41H39N3O4S2/c1-27-36(26-49-41-44-35-12-5-6-13-37(35)50-41)47-39(48-38(27)32-16-14-29(25-45)15-17-32)33-20-18-31(19-21-33)34-11-7-10-30(22-34)24-43-40(46)42-23-28-8-3-2-4-9-28/h2-22,27,36,38-39,45H,23-26H2,1H3,(H2,42,43,46). The number of aliphatic hydroxyl groups is 1. The molecule has 5 aromatic carbocycles. The highest BCUT2D eigenvalue weighted by Crippen LogP contribution is 2.43. The van der Waals surface area contributed by atoms with Gasteiger partial charge < -0.3 is 25.2 Å². The first-order valence-electron chi connectivity index (χ1n) is 16.8. The molecule has 0 radical (unpaired) electrons. The molecule has 3 N–H and O–H groups in total. The summed E-state index contributed by atoms with van der Waals surface area (Å²) in [6, 6.07) is 42.4. The number of nitrogens with zero attached hydrogens (tertiary/aromatic N) is 1. The minimum absolute atomic E-state index is 0.00435.